The third kappa shape index (κ3) is 9.55. The molecule has 0 aromatic heterocycles. The normalized spacial score (nSPS) is 15.9. The van der Waals surface area contributed by atoms with Crippen LogP contribution in [0.1, 0.15) is 6.92 Å². The molecular weight excluding hydrogens is 131 g/mol. The van der Waals surface area contributed by atoms with Crippen molar-refractivity contribution in [1.29, 1.82) is 0 Å². The summed E-state index contributed by atoms with van der Waals surface area (Å²) in [5.74, 6) is 0. The Hall–Kier alpha value is 0.270. The summed E-state index contributed by atoms with van der Waals surface area (Å²) in [5.41, 5.74) is 0. The van der Waals surface area contributed by atoms with Crippen molar-refractivity contribution in [1.82, 2.24) is 0 Å². The van der Waals surface area contributed by atoms with Gasteiger partial charge >= 0.3 is 41.7 Å². The molecule has 0 radical (unpaired) electrons. The Bertz CT molecular complexity index is 63.8. The van der Waals surface area contributed by atoms with Crippen LogP contribution in [0.15, 0.2) is 0 Å². The van der Waals surface area contributed by atoms with Gasteiger partial charge in [0.05, 0.1) is 0 Å². The van der Waals surface area contributed by atoms with Crippen LogP contribution in [-0.2, 0) is 0 Å². The Kier molecular flexibility index (Phi) is 3.13. The SMILES string of the molecule is CCP(C)(O)(O)O.O. The predicted octanol–water partition coefficient (Wildman–Crippen LogP) is -0.913. The first-order valence-corrected chi connectivity index (χ1v) is 4.80. The standard InChI is InChI=1S/C3H11O3P.H2O/c1-3-7(2,4,5)6;/h4-6H,3H2,1-2H3;1H2. The van der Waals surface area contributed by atoms with Crippen LogP contribution < -0.4 is 0 Å². The molecule has 0 unspecified atom stereocenters. The fourth-order valence-electron chi connectivity index (χ4n) is 0. The fourth-order valence-corrected chi connectivity index (χ4v) is 0. The van der Waals surface area contributed by atoms with E-state index in [4.69, 9.17) is 14.7 Å². The van der Waals surface area contributed by atoms with Gasteiger partial charge in [0.1, 0.15) is 0 Å². The first kappa shape index (κ1) is 11.1. The molecule has 0 amide bonds. The molecule has 54 valence electrons. The largest absolute Gasteiger partial charge is 0.412 e. The van der Waals surface area contributed by atoms with Crippen LogP contribution in [0.3, 0.4) is 0 Å². The van der Waals surface area contributed by atoms with Crippen molar-refractivity contribution in [2.75, 3.05) is 12.8 Å². The Morgan fingerprint density at radius 2 is 1.38 bits per heavy atom. The van der Waals surface area contributed by atoms with Gasteiger partial charge in [-0.15, -0.1) is 0 Å². The second kappa shape index (κ2) is 2.25. The summed E-state index contributed by atoms with van der Waals surface area (Å²) in [4.78, 5) is 25.6. The monoisotopic (exact) mass is 144 g/mol. The molecular formula is C3H13O4P. The molecule has 5 N–H and O–H groups in total. The Morgan fingerprint density at radius 1 is 1.25 bits per heavy atom. The summed E-state index contributed by atoms with van der Waals surface area (Å²) in [6.07, 6.45) is 0.0333. The van der Waals surface area contributed by atoms with Crippen molar-refractivity contribution in [3.05, 3.63) is 0 Å². The van der Waals surface area contributed by atoms with Crippen molar-refractivity contribution >= 4 is 7.28 Å². The zero-order valence-electron chi connectivity index (χ0n) is 5.00. The van der Waals surface area contributed by atoms with Gasteiger partial charge in [-0.25, -0.2) is 0 Å². The molecule has 0 spiro atoms. The van der Waals surface area contributed by atoms with E-state index >= 15 is 0 Å². The van der Waals surface area contributed by atoms with Gasteiger partial charge in [0.2, 0.25) is 0 Å². The molecule has 4 nitrogen and oxygen atoms in total. The van der Waals surface area contributed by atoms with Crippen molar-refractivity contribution in [2.24, 2.45) is 0 Å². The van der Waals surface area contributed by atoms with E-state index in [0.29, 0.717) is 0 Å². The molecule has 0 heterocycles. The van der Waals surface area contributed by atoms with Crippen molar-refractivity contribution in [2.45, 2.75) is 6.92 Å². The Morgan fingerprint density at radius 3 is 1.38 bits per heavy atom. The summed E-state index contributed by atoms with van der Waals surface area (Å²) < 4.78 is 0. The minimum Gasteiger partial charge on any atom is -0.412 e. The van der Waals surface area contributed by atoms with Crippen molar-refractivity contribution in [3.63, 3.8) is 0 Å². The van der Waals surface area contributed by atoms with E-state index in [-0.39, 0.29) is 11.6 Å². The molecule has 0 aromatic rings. The van der Waals surface area contributed by atoms with E-state index in [1.54, 1.807) is 0 Å². The molecule has 0 aliphatic carbocycles. The zero-order valence-corrected chi connectivity index (χ0v) is 5.89. The molecule has 0 fully saturated rings. The maximum Gasteiger partial charge on any atom is -0.412 e. The molecule has 0 atom stereocenters. The Labute approximate surface area is 48.3 Å². The summed E-state index contributed by atoms with van der Waals surface area (Å²) in [6, 6.07) is 0. The number of hydrogen-bond donors (Lipinski definition) is 3. The van der Waals surface area contributed by atoms with Crippen LogP contribution in [0.25, 0.3) is 0 Å². The van der Waals surface area contributed by atoms with Crippen LogP contribution in [0, 0.1) is 0 Å². The van der Waals surface area contributed by atoms with Crippen LogP contribution in [0.4, 0.5) is 0 Å². The van der Waals surface area contributed by atoms with Gasteiger partial charge in [0, 0.05) is 0 Å². The molecule has 0 aliphatic rings. The predicted molar refractivity (Wildman–Crippen MR) is 33.7 cm³/mol. The average Bonchev–Trinajstić information content (AvgIpc) is 1.32. The number of rotatable bonds is 1. The van der Waals surface area contributed by atoms with Crippen LogP contribution in [0.2, 0.25) is 0 Å². The first-order chi connectivity index (χ1) is 2.81. The van der Waals surface area contributed by atoms with Crippen molar-refractivity contribution in [3.8, 4) is 0 Å². The molecule has 8 heavy (non-hydrogen) atoms. The number of hydrogen-bond acceptors (Lipinski definition) is 3. The summed E-state index contributed by atoms with van der Waals surface area (Å²) in [5, 5.41) is 0. The van der Waals surface area contributed by atoms with Gasteiger partial charge in [-0.3, -0.25) is 0 Å². The average molecular weight is 144 g/mol. The summed E-state index contributed by atoms with van der Waals surface area (Å²) >= 11 is 0. The van der Waals surface area contributed by atoms with E-state index in [2.05, 4.69) is 0 Å². The maximum absolute atomic E-state index is 8.53. The molecule has 5 heteroatoms. The second-order valence-electron chi connectivity index (χ2n) is 1.93. The molecule has 0 aliphatic heterocycles. The van der Waals surface area contributed by atoms with Crippen LogP contribution in [0.5, 0.6) is 0 Å². The fraction of sp³-hybridized carbons (Fsp3) is 1.00. The maximum atomic E-state index is 8.53. The summed E-state index contributed by atoms with van der Waals surface area (Å²) in [6.45, 7) is 2.59. The topological polar surface area (TPSA) is 92.2 Å². The minimum absolute atomic E-state index is 0. The first-order valence-electron chi connectivity index (χ1n) is 2.07. The van der Waals surface area contributed by atoms with Crippen LogP contribution in [-0.4, -0.2) is 33.0 Å². The minimum atomic E-state index is -4.08. The van der Waals surface area contributed by atoms with E-state index in [1.807, 2.05) is 0 Å². The van der Waals surface area contributed by atoms with Gasteiger partial charge in [0.15, 0.2) is 0 Å². The van der Waals surface area contributed by atoms with Gasteiger partial charge in [-0.2, -0.15) is 0 Å². The summed E-state index contributed by atoms with van der Waals surface area (Å²) in [7, 11) is -4.08. The molecule has 0 saturated carbocycles. The second-order valence-corrected chi connectivity index (χ2v) is 5.78. The smallest absolute Gasteiger partial charge is 0.412 e. The van der Waals surface area contributed by atoms with Crippen molar-refractivity contribution < 1.29 is 20.2 Å². The van der Waals surface area contributed by atoms with E-state index in [0.717, 1.165) is 6.66 Å². The third-order valence-corrected chi connectivity index (χ3v) is 2.22. The van der Waals surface area contributed by atoms with E-state index in [1.165, 1.54) is 6.92 Å². The van der Waals surface area contributed by atoms with E-state index in [9.17, 15) is 0 Å². The van der Waals surface area contributed by atoms with Gasteiger partial charge in [-0.1, -0.05) is 0 Å². The Balaban J connectivity index is 0. The van der Waals surface area contributed by atoms with Gasteiger partial charge in [-0.05, 0) is 0 Å². The quantitative estimate of drug-likeness (QED) is 0.416. The van der Waals surface area contributed by atoms with Gasteiger partial charge in [0.25, 0.3) is 0 Å². The molecule has 0 bridgehead atoms. The third-order valence-electron chi connectivity index (χ3n) is 0.740. The zero-order chi connectivity index (χ0) is 6.15. The molecule has 0 aromatic carbocycles. The molecule has 0 rings (SSSR count). The molecule has 0 saturated heterocycles. The van der Waals surface area contributed by atoms with E-state index < -0.39 is 7.28 Å². The van der Waals surface area contributed by atoms with Crippen LogP contribution >= 0.6 is 7.28 Å². The van der Waals surface area contributed by atoms with Gasteiger partial charge < -0.3 is 5.48 Å².